The Labute approximate surface area is 153 Å². The van der Waals surface area contributed by atoms with Gasteiger partial charge in [0.1, 0.15) is 0 Å². The summed E-state index contributed by atoms with van der Waals surface area (Å²) < 4.78 is 75.6. The van der Waals surface area contributed by atoms with E-state index in [0.717, 1.165) is 16.7 Å². The fourth-order valence-corrected chi connectivity index (χ4v) is 2.64. The summed E-state index contributed by atoms with van der Waals surface area (Å²) in [7, 11) is -10.2. The second kappa shape index (κ2) is 8.32. The van der Waals surface area contributed by atoms with Crippen molar-refractivity contribution >= 4 is 17.4 Å². The van der Waals surface area contributed by atoms with E-state index in [0.29, 0.717) is 5.76 Å². The molecule has 1 heterocycles. The molecule has 0 spiro atoms. The van der Waals surface area contributed by atoms with Gasteiger partial charge >= 0.3 is 19.3 Å². The first kappa shape index (κ1) is 20.6. The molecule has 0 bridgehead atoms. The fourth-order valence-electron chi connectivity index (χ4n) is 2.16. The van der Waals surface area contributed by atoms with Crippen molar-refractivity contribution in [3.05, 3.63) is 73.0 Å². The first-order valence-electron chi connectivity index (χ1n) is 7.46. The number of rotatable bonds is 3. The standard InChI is InChI=1S/C17H12O4S.BF4/c18-22(19,20)16-8-6-14(7-9-16)17-12-15(10-11-21-17)13-4-2-1-3-5-13;2-1(3,4)5/h1-12H;/q;-1/p+1. The maximum absolute atomic E-state index is 11.1. The Hall–Kier alpha value is -2.72. The highest BCUT2D eigenvalue weighted by Crippen LogP contribution is 2.27. The summed E-state index contributed by atoms with van der Waals surface area (Å²) in [4.78, 5) is -0.143. The van der Waals surface area contributed by atoms with Gasteiger partial charge in [0.25, 0.3) is 10.1 Å². The Kier molecular flexibility index (Phi) is 6.34. The van der Waals surface area contributed by atoms with E-state index >= 15 is 0 Å². The molecule has 10 heteroatoms. The molecule has 0 amide bonds. The maximum Gasteiger partial charge on any atom is 0.673 e. The van der Waals surface area contributed by atoms with Gasteiger partial charge in [-0.05, 0) is 35.4 Å². The first-order chi connectivity index (χ1) is 12.5. The van der Waals surface area contributed by atoms with Gasteiger partial charge in [-0.1, -0.05) is 30.3 Å². The van der Waals surface area contributed by atoms with Crippen LogP contribution in [0.4, 0.5) is 17.3 Å². The highest BCUT2D eigenvalue weighted by atomic mass is 32.2. The van der Waals surface area contributed by atoms with Crippen LogP contribution in [0, 0.1) is 0 Å². The van der Waals surface area contributed by atoms with Gasteiger partial charge in [-0.15, -0.1) is 0 Å². The van der Waals surface area contributed by atoms with Crippen molar-refractivity contribution in [2.45, 2.75) is 4.90 Å². The molecular weight excluding hydrogens is 387 g/mol. The van der Waals surface area contributed by atoms with E-state index < -0.39 is 17.4 Å². The summed E-state index contributed by atoms with van der Waals surface area (Å²) in [5, 5.41) is 0. The van der Waals surface area contributed by atoms with Crippen LogP contribution in [0.1, 0.15) is 0 Å². The van der Waals surface area contributed by atoms with Crippen LogP contribution in [0.3, 0.4) is 0 Å². The van der Waals surface area contributed by atoms with E-state index in [1.54, 1.807) is 18.4 Å². The third-order valence-corrected chi connectivity index (χ3v) is 4.14. The lowest BCUT2D eigenvalue weighted by Gasteiger charge is -2.00. The molecule has 3 rings (SSSR count). The summed E-state index contributed by atoms with van der Waals surface area (Å²) in [5.41, 5.74) is 2.79. The van der Waals surface area contributed by atoms with Gasteiger partial charge in [-0.2, -0.15) is 8.42 Å². The van der Waals surface area contributed by atoms with Gasteiger partial charge in [0, 0.05) is 6.07 Å². The molecule has 0 aliphatic heterocycles. The molecule has 1 N–H and O–H groups in total. The van der Waals surface area contributed by atoms with E-state index in [4.69, 9.17) is 8.97 Å². The molecule has 0 fully saturated rings. The summed E-state index contributed by atoms with van der Waals surface area (Å²) in [6.07, 6.45) is 1.59. The number of hydrogen-bond acceptors (Lipinski definition) is 2. The van der Waals surface area contributed by atoms with Crippen molar-refractivity contribution in [2.75, 3.05) is 0 Å². The van der Waals surface area contributed by atoms with Gasteiger partial charge in [0.05, 0.1) is 16.5 Å². The second-order valence-corrected chi connectivity index (χ2v) is 6.67. The van der Waals surface area contributed by atoms with Crippen LogP contribution in [0.15, 0.2) is 82.3 Å². The predicted molar refractivity (Wildman–Crippen MR) is 94.0 cm³/mol. The molecule has 1 aromatic heterocycles. The minimum Gasteiger partial charge on any atom is -0.418 e. The Morgan fingerprint density at radius 2 is 1.33 bits per heavy atom. The van der Waals surface area contributed by atoms with Crippen LogP contribution >= 0.6 is 0 Å². The third-order valence-electron chi connectivity index (χ3n) is 3.27. The second-order valence-electron chi connectivity index (χ2n) is 5.24. The molecule has 0 radical (unpaired) electrons. The number of benzene rings is 2. The first-order valence-corrected chi connectivity index (χ1v) is 8.90. The largest absolute Gasteiger partial charge is 0.673 e. The lowest BCUT2D eigenvalue weighted by Crippen LogP contribution is -2.02. The highest BCUT2D eigenvalue weighted by molar-refractivity contribution is 7.85. The minimum atomic E-state index is -6.00. The van der Waals surface area contributed by atoms with Crippen molar-refractivity contribution in [3.63, 3.8) is 0 Å². The molecule has 0 aliphatic rings. The van der Waals surface area contributed by atoms with E-state index in [-0.39, 0.29) is 4.90 Å². The summed E-state index contributed by atoms with van der Waals surface area (Å²) in [5.74, 6) is 0.614. The van der Waals surface area contributed by atoms with Crippen molar-refractivity contribution in [3.8, 4) is 22.5 Å². The predicted octanol–water partition coefficient (Wildman–Crippen LogP) is 5.44. The Morgan fingerprint density at radius 1 is 0.778 bits per heavy atom. The molecular formula is C17H13BF4O4S. The summed E-state index contributed by atoms with van der Waals surface area (Å²) in [6.45, 7) is 0. The van der Waals surface area contributed by atoms with Gasteiger partial charge < -0.3 is 17.3 Å². The highest BCUT2D eigenvalue weighted by Gasteiger charge is 2.20. The quantitative estimate of drug-likeness (QED) is 0.275. The topological polar surface area (TPSA) is 65.7 Å². The van der Waals surface area contributed by atoms with Gasteiger partial charge in [-0.25, -0.2) is 4.42 Å². The zero-order chi connectivity index (χ0) is 20.1. The molecule has 3 aromatic rings. The average Bonchev–Trinajstić information content (AvgIpc) is 2.61. The SMILES string of the molecule is F[B-](F)(F)F.O=S(=O)(O)c1ccc(-c2cc(-c3ccccc3)cc[o+]2)cc1. The van der Waals surface area contributed by atoms with Crippen molar-refractivity contribution in [1.82, 2.24) is 0 Å². The van der Waals surface area contributed by atoms with Crippen LogP contribution in [0.25, 0.3) is 22.5 Å². The number of halogens is 4. The van der Waals surface area contributed by atoms with Crippen LogP contribution in [0.5, 0.6) is 0 Å². The molecule has 2 aromatic carbocycles. The van der Waals surface area contributed by atoms with Crippen molar-refractivity contribution < 1.29 is 34.7 Å². The molecule has 0 saturated heterocycles. The number of hydrogen-bond donors (Lipinski definition) is 1. The van der Waals surface area contributed by atoms with Gasteiger partial charge in [0.2, 0.25) is 0 Å². The zero-order valence-corrected chi connectivity index (χ0v) is 14.4. The summed E-state index contributed by atoms with van der Waals surface area (Å²) >= 11 is 0. The monoisotopic (exact) mass is 400 g/mol. The Morgan fingerprint density at radius 3 is 1.85 bits per heavy atom. The molecule has 0 saturated carbocycles. The molecule has 0 aliphatic carbocycles. The Balaban J connectivity index is 0.000000465. The normalized spacial score (nSPS) is 11.4. The van der Waals surface area contributed by atoms with E-state index in [9.17, 15) is 25.7 Å². The van der Waals surface area contributed by atoms with Crippen molar-refractivity contribution in [2.24, 2.45) is 0 Å². The maximum atomic E-state index is 11.1. The van der Waals surface area contributed by atoms with Crippen molar-refractivity contribution in [1.29, 1.82) is 0 Å². The van der Waals surface area contributed by atoms with E-state index in [2.05, 4.69) is 0 Å². The molecule has 0 unspecified atom stereocenters. The Bertz CT molecular complexity index is 985. The van der Waals surface area contributed by atoms with Crippen LogP contribution in [0.2, 0.25) is 0 Å². The molecule has 0 atom stereocenters. The minimum absolute atomic E-state index is 0.143. The lowest BCUT2D eigenvalue weighted by atomic mass is 10.0. The van der Waals surface area contributed by atoms with Crippen LogP contribution in [-0.2, 0) is 10.1 Å². The summed E-state index contributed by atoms with van der Waals surface area (Å²) in [6, 6.07) is 19.5. The van der Waals surface area contributed by atoms with E-state index in [1.165, 1.54) is 12.1 Å². The van der Waals surface area contributed by atoms with E-state index in [1.807, 2.05) is 42.5 Å². The third kappa shape index (κ3) is 6.84. The van der Waals surface area contributed by atoms with Gasteiger partial charge in [-0.3, -0.25) is 4.55 Å². The lowest BCUT2D eigenvalue weighted by molar-refractivity contribution is 0.368. The molecule has 142 valence electrons. The molecule has 27 heavy (non-hydrogen) atoms. The molecule has 4 nitrogen and oxygen atoms in total. The zero-order valence-electron chi connectivity index (χ0n) is 13.6. The average molecular weight is 400 g/mol. The smallest absolute Gasteiger partial charge is 0.418 e. The van der Waals surface area contributed by atoms with Crippen LogP contribution < -0.4 is 0 Å². The fraction of sp³-hybridized carbons (Fsp3) is 0. The van der Waals surface area contributed by atoms with Crippen LogP contribution in [-0.4, -0.2) is 20.2 Å². The van der Waals surface area contributed by atoms with Gasteiger partial charge in [0.15, 0.2) is 0 Å².